The van der Waals surface area contributed by atoms with Gasteiger partial charge in [0.15, 0.2) is 0 Å². The summed E-state index contributed by atoms with van der Waals surface area (Å²) in [6, 6.07) is 7.64. The normalized spacial score (nSPS) is 11.4. The summed E-state index contributed by atoms with van der Waals surface area (Å²) in [5.74, 6) is 0. The maximum Gasteiger partial charge on any atom is 0.280 e. The molecule has 0 amide bonds. The van der Waals surface area contributed by atoms with Gasteiger partial charge in [0.2, 0.25) is 0 Å². The molecule has 2 heterocycles. The van der Waals surface area contributed by atoms with Crippen LogP contribution in [0.4, 0.5) is 0 Å². The van der Waals surface area contributed by atoms with Crippen molar-refractivity contribution in [1.29, 1.82) is 0 Å². The predicted molar refractivity (Wildman–Crippen MR) is 50.2 cm³/mol. The number of hydrogen-bond acceptors (Lipinski definition) is 2. The highest BCUT2D eigenvalue weighted by Crippen LogP contribution is 2.17. The predicted octanol–water partition coefficient (Wildman–Crippen LogP) is 1.29. The Labute approximate surface area is 73.6 Å². The molecule has 0 unspecified atom stereocenters. The first-order chi connectivity index (χ1) is 6.36. The third-order valence-corrected chi connectivity index (χ3v) is 2.27. The molecule has 0 aliphatic heterocycles. The number of benzene rings is 1. The zero-order valence-electron chi connectivity index (χ0n) is 6.77. The minimum atomic E-state index is -0.156. The maximum atomic E-state index is 11.4. The van der Waals surface area contributed by atoms with E-state index >= 15 is 0 Å². The highest BCUT2D eigenvalue weighted by molar-refractivity contribution is 5.95. The van der Waals surface area contributed by atoms with E-state index in [0.29, 0.717) is 5.39 Å². The van der Waals surface area contributed by atoms with E-state index in [9.17, 15) is 4.79 Å². The summed E-state index contributed by atoms with van der Waals surface area (Å²) < 4.78 is 1.87. The summed E-state index contributed by atoms with van der Waals surface area (Å²) in [5.41, 5.74) is 0.805. The molecule has 3 nitrogen and oxygen atoms in total. The molecule has 0 spiro atoms. The van der Waals surface area contributed by atoms with Gasteiger partial charge in [-0.1, -0.05) is 12.1 Å². The molecule has 62 valence electrons. The zero-order valence-corrected chi connectivity index (χ0v) is 6.77. The standard InChI is InChI=1S/C10H6N2O/c13-10-8-3-1-2-7-4-5-12(6-11-10)9(7)8/h1-6H. The third kappa shape index (κ3) is 0.731. The van der Waals surface area contributed by atoms with Crippen LogP contribution in [0, 0.1) is 0 Å². The molecule has 3 aromatic rings. The van der Waals surface area contributed by atoms with Gasteiger partial charge in [-0.3, -0.25) is 4.79 Å². The Balaban J connectivity index is 2.82. The van der Waals surface area contributed by atoms with Gasteiger partial charge >= 0.3 is 0 Å². The third-order valence-electron chi connectivity index (χ3n) is 2.27. The van der Waals surface area contributed by atoms with Gasteiger partial charge in [-0.05, 0) is 12.1 Å². The summed E-state index contributed by atoms with van der Waals surface area (Å²) in [5, 5.41) is 1.77. The molecule has 0 aliphatic rings. The average Bonchev–Trinajstić information content (AvgIpc) is 2.57. The van der Waals surface area contributed by atoms with E-state index in [-0.39, 0.29) is 5.56 Å². The molecular formula is C10H6N2O. The van der Waals surface area contributed by atoms with Gasteiger partial charge in [0.25, 0.3) is 5.56 Å². The van der Waals surface area contributed by atoms with E-state index in [1.54, 1.807) is 12.4 Å². The first-order valence-corrected chi connectivity index (χ1v) is 4.04. The molecule has 0 aliphatic carbocycles. The van der Waals surface area contributed by atoms with Crippen molar-refractivity contribution in [2.75, 3.05) is 0 Å². The molecule has 0 saturated heterocycles. The van der Waals surface area contributed by atoms with Gasteiger partial charge in [0.05, 0.1) is 10.9 Å². The lowest BCUT2D eigenvalue weighted by molar-refractivity contribution is 1.08. The number of aromatic nitrogens is 2. The van der Waals surface area contributed by atoms with Crippen LogP contribution in [0.5, 0.6) is 0 Å². The number of para-hydroxylation sites is 1. The lowest BCUT2D eigenvalue weighted by Crippen LogP contribution is -2.07. The average molecular weight is 170 g/mol. The zero-order chi connectivity index (χ0) is 8.84. The van der Waals surface area contributed by atoms with Crippen LogP contribution in [0.25, 0.3) is 16.3 Å². The van der Waals surface area contributed by atoms with Crippen LogP contribution < -0.4 is 5.56 Å². The molecule has 2 aromatic heterocycles. The summed E-state index contributed by atoms with van der Waals surface area (Å²) in [4.78, 5) is 15.1. The van der Waals surface area contributed by atoms with Crippen LogP contribution >= 0.6 is 0 Å². The first kappa shape index (κ1) is 6.60. The Kier molecular flexibility index (Phi) is 1.05. The molecule has 0 radical (unpaired) electrons. The lowest BCUT2D eigenvalue weighted by Gasteiger charge is -1.96. The Hall–Kier alpha value is -1.90. The highest BCUT2D eigenvalue weighted by Gasteiger charge is 2.04. The molecule has 1 aromatic carbocycles. The Morgan fingerprint density at radius 1 is 1.23 bits per heavy atom. The molecule has 0 fully saturated rings. The van der Waals surface area contributed by atoms with Crippen molar-refractivity contribution in [3.05, 3.63) is 47.1 Å². The van der Waals surface area contributed by atoms with Crippen LogP contribution in [0.3, 0.4) is 0 Å². The quantitative estimate of drug-likeness (QED) is 0.509. The van der Waals surface area contributed by atoms with Crippen molar-refractivity contribution in [2.24, 2.45) is 0 Å². The van der Waals surface area contributed by atoms with Crippen molar-refractivity contribution < 1.29 is 0 Å². The minimum absolute atomic E-state index is 0.156. The van der Waals surface area contributed by atoms with Gasteiger partial charge in [-0.15, -0.1) is 0 Å². The summed E-state index contributed by atoms with van der Waals surface area (Å²) in [6.07, 6.45) is 3.46. The summed E-state index contributed by atoms with van der Waals surface area (Å²) in [7, 11) is 0. The van der Waals surface area contributed by atoms with Crippen LogP contribution in [-0.2, 0) is 0 Å². The van der Waals surface area contributed by atoms with E-state index in [4.69, 9.17) is 0 Å². The summed E-state index contributed by atoms with van der Waals surface area (Å²) >= 11 is 0. The van der Waals surface area contributed by atoms with Crippen LogP contribution in [0.1, 0.15) is 0 Å². The van der Waals surface area contributed by atoms with Crippen LogP contribution in [-0.4, -0.2) is 9.38 Å². The summed E-state index contributed by atoms with van der Waals surface area (Å²) in [6.45, 7) is 0. The molecule has 13 heavy (non-hydrogen) atoms. The van der Waals surface area contributed by atoms with E-state index in [1.807, 2.05) is 28.8 Å². The monoisotopic (exact) mass is 170 g/mol. The Bertz CT molecular complexity index is 612. The molecule has 0 N–H and O–H groups in total. The fourth-order valence-corrected chi connectivity index (χ4v) is 1.67. The SMILES string of the molecule is O=c1ncn2ccc3cccc1c32. The van der Waals surface area contributed by atoms with E-state index in [1.165, 1.54) is 0 Å². The van der Waals surface area contributed by atoms with Crippen molar-refractivity contribution >= 4 is 16.3 Å². The molecule has 3 rings (SSSR count). The Morgan fingerprint density at radius 2 is 2.15 bits per heavy atom. The maximum absolute atomic E-state index is 11.4. The van der Waals surface area contributed by atoms with Crippen molar-refractivity contribution in [3.63, 3.8) is 0 Å². The molecule has 0 bridgehead atoms. The van der Waals surface area contributed by atoms with E-state index in [0.717, 1.165) is 10.9 Å². The molecule has 0 saturated carbocycles. The second kappa shape index (κ2) is 2.07. The van der Waals surface area contributed by atoms with E-state index in [2.05, 4.69) is 4.98 Å². The van der Waals surface area contributed by atoms with Gasteiger partial charge in [0, 0.05) is 11.6 Å². The van der Waals surface area contributed by atoms with Gasteiger partial charge < -0.3 is 4.40 Å². The first-order valence-electron chi connectivity index (χ1n) is 4.04. The highest BCUT2D eigenvalue weighted by atomic mass is 16.1. The van der Waals surface area contributed by atoms with Crippen molar-refractivity contribution in [1.82, 2.24) is 9.38 Å². The van der Waals surface area contributed by atoms with E-state index < -0.39 is 0 Å². The van der Waals surface area contributed by atoms with Gasteiger partial charge in [0.1, 0.15) is 6.33 Å². The van der Waals surface area contributed by atoms with Crippen LogP contribution in [0.2, 0.25) is 0 Å². The Morgan fingerprint density at radius 3 is 3.08 bits per heavy atom. The van der Waals surface area contributed by atoms with Crippen LogP contribution in [0.15, 0.2) is 41.6 Å². The number of nitrogens with zero attached hydrogens (tertiary/aromatic N) is 2. The topological polar surface area (TPSA) is 34.4 Å². The van der Waals surface area contributed by atoms with Crippen molar-refractivity contribution in [2.45, 2.75) is 0 Å². The largest absolute Gasteiger partial charge is 0.306 e. The molecule has 3 heteroatoms. The minimum Gasteiger partial charge on any atom is -0.306 e. The molecular weight excluding hydrogens is 164 g/mol. The molecule has 0 atom stereocenters. The lowest BCUT2D eigenvalue weighted by atomic mass is 10.2. The smallest absolute Gasteiger partial charge is 0.280 e. The fourth-order valence-electron chi connectivity index (χ4n) is 1.67. The van der Waals surface area contributed by atoms with Gasteiger partial charge in [-0.25, -0.2) is 0 Å². The van der Waals surface area contributed by atoms with Gasteiger partial charge in [-0.2, -0.15) is 4.98 Å². The number of hydrogen-bond donors (Lipinski definition) is 0. The second-order valence-electron chi connectivity index (χ2n) is 3.02. The van der Waals surface area contributed by atoms with Crippen molar-refractivity contribution in [3.8, 4) is 0 Å². The second-order valence-corrected chi connectivity index (χ2v) is 3.02. The number of rotatable bonds is 0. The fraction of sp³-hybridized carbons (Fsp3) is 0.